The van der Waals surface area contributed by atoms with Crippen LogP contribution in [-0.4, -0.2) is 218 Å². The Morgan fingerprint density at radius 1 is 0.325 bits per heavy atom. The van der Waals surface area contributed by atoms with E-state index in [2.05, 4.69) is 31.9 Å². The predicted molar refractivity (Wildman–Crippen MR) is 447 cm³/mol. The van der Waals surface area contributed by atoms with E-state index in [-0.39, 0.29) is 193 Å². The van der Waals surface area contributed by atoms with Crippen LogP contribution in [0.25, 0.3) is 0 Å². The molecule has 117 heavy (non-hydrogen) atoms. The lowest BCUT2D eigenvalue weighted by Crippen LogP contribution is -2.41. The first-order chi connectivity index (χ1) is 55.6. The van der Waals surface area contributed by atoms with Gasteiger partial charge in [-0.3, -0.25) is 67.1 Å². The lowest BCUT2D eigenvalue weighted by Gasteiger charge is -2.14. The van der Waals surface area contributed by atoms with Gasteiger partial charge in [-0.25, -0.2) is 4.79 Å². The molecular weight excluding hydrogens is 1510 g/mol. The SMILES string of the molecule is CC(=O)C(C)(C)C.CC(=O)[C@@H](C)CCCCNC(=O)[C@@H](N)CCCCCC(=O)COCCOCCNC(=O)CC[C@H](CC(=O)CCCCCCCCCCCCC(=O)O)C(=O)O.CC(=O)[C@@H](N)CCCCNC(=O)[C@@H](N)CCCCNC(=O)COCCOCCNC(=O)CC[C@H](NC(=O)CCCCCCCCCCCCC(=O)O)C(=O)O. The highest BCUT2D eigenvalue weighted by Gasteiger charge is 2.24. The molecule has 678 valence electrons. The van der Waals surface area contributed by atoms with Crippen molar-refractivity contribution in [3.8, 4) is 0 Å². The zero-order chi connectivity index (χ0) is 88.3. The van der Waals surface area contributed by atoms with Crippen molar-refractivity contribution in [2.24, 2.45) is 34.5 Å². The van der Waals surface area contributed by atoms with Crippen molar-refractivity contribution in [2.75, 3.05) is 85.6 Å². The summed E-state index contributed by atoms with van der Waals surface area (Å²) in [5.74, 6) is -6.03. The van der Waals surface area contributed by atoms with Crippen LogP contribution in [0.2, 0.25) is 0 Å². The second-order valence-electron chi connectivity index (χ2n) is 31.5. The Balaban J connectivity index is -0.00000205. The molecule has 0 heterocycles. The lowest BCUT2D eigenvalue weighted by molar-refractivity contribution is -0.144. The summed E-state index contributed by atoms with van der Waals surface area (Å²) in [5, 5.41) is 52.5. The highest BCUT2D eigenvalue weighted by molar-refractivity contribution is 5.86. The van der Waals surface area contributed by atoms with Crippen molar-refractivity contribution in [3.63, 3.8) is 0 Å². The van der Waals surface area contributed by atoms with Gasteiger partial charge in [-0.05, 0) is 124 Å². The summed E-state index contributed by atoms with van der Waals surface area (Å²) in [6.07, 6.45) is 29.9. The second kappa shape index (κ2) is 77.4. The standard InChI is InChI=1S/C41H73N3O11.C38H70N6O11.C6H12O/c1-32(33(2)45)18-16-17-25-44-40(51)37(42)21-14-11-13-20-36(47)31-55-29-28-54-27-26-43-38(48)24-23-34(41(52)53)30-35(46)19-12-9-7-5-3-4-6-8-10-15-22-39(49)50;1-29(45)30(39)16-12-15-23-43-37(51)31(40)17-13-14-22-41-35(48)28-55-27-26-54-25-24-42-33(46)21-20-32(38(52)53)44-34(47)18-10-8-6-4-2-3-5-7-9-11-19-36(49)50;1-5(7)6(2,3)4/h32,34,37H,3-31,42H2,1-2H3,(H,43,48)(H,44,51)(H,49,50)(H,52,53);30-32H,2-28,39-40H2,1H3,(H,41,48)(H,42,46)(H,43,51)(H,44,47)(H,49,50)(H,52,53);1-4H3/t32-,34+,37-;30-,31-,32-;/m00./s1. The van der Waals surface area contributed by atoms with E-state index in [1.807, 2.05) is 27.7 Å². The fourth-order valence-electron chi connectivity index (χ4n) is 11.4. The number of amides is 6. The van der Waals surface area contributed by atoms with Crippen LogP contribution in [0.15, 0.2) is 0 Å². The number of rotatable bonds is 78. The highest BCUT2D eigenvalue weighted by atomic mass is 16.5. The van der Waals surface area contributed by atoms with Crippen LogP contribution in [0.4, 0.5) is 0 Å². The number of ketones is 5. The number of hydrogen-bond acceptors (Lipinski definition) is 22. The van der Waals surface area contributed by atoms with Gasteiger partial charge in [0.2, 0.25) is 35.4 Å². The number of carboxylic acids is 4. The Morgan fingerprint density at radius 3 is 1.09 bits per heavy atom. The zero-order valence-corrected chi connectivity index (χ0v) is 72.3. The van der Waals surface area contributed by atoms with Gasteiger partial charge in [-0.15, -0.1) is 0 Å². The summed E-state index contributed by atoms with van der Waals surface area (Å²) in [6.45, 7) is 15.3. The van der Waals surface area contributed by atoms with Crippen LogP contribution < -0.4 is 49.1 Å². The van der Waals surface area contributed by atoms with Crippen molar-refractivity contribution in [1.29, 1.82) is 0 Å². The normalized spacial score (nSPS) is 12.6. The van der Waals surface area contributed by atoms with E-state index in [0.717, 1.165) is 161 Å². The third kappa shape index (κ3) is 79.7. The molecule has 0 saturated carbocycles. The van der Waals surface area contributed by atoms with Gasteiger partial charge in [0.1, 0.15) is 42.4 Å². The van der Waals surface area contributed by atoms with Gasteiger partial charge >= 0.3 is 23.9 Å². The van der Waals surface area contributed by atoms with E-state index in [1.54, 1.807) is 13.8 Å². The van der Waals surface area contributed by atoms with Crippen molar-refractivity contribution >= 4 is 88.2 Å². The average molecular weight is 1670 g/mol. The molecular formula is C85H155N9O23. The quantitative estimate of drug-likeness (QED) is 0.0252. The zero-order valence-electron chi connectivity index (χ0n) is 72.3. The third-order valence-corrected chi connectivity index (χ3v) is 19.6. The van der Waals surface area contributed by atoms with Crippen LogP contribution >= 0.6 is 0 Å². The Hall–Kier alpha value is -7.23. The molecule has 32 heteroatoms. The fourth-order valence-corrected chi connectivity index (χ4v) is 11.4. The number of carbonyl (C=O) groups excluding carboxylic acids is 11. The van der Waals surface area contributed by atoms with E-state index < -0.39 is 54.0 Å². The third-order valence-electron chi connectivity index (χ3n) is 19.6. The monoisotopic (exact) mass is 1670 g/mol. The molecule has 0 unspecified atom stereocenters. The number of nitrogens with one attached hydrogen (secondary N) is 6. The van der Waals surface area contributed by atoms with Gasteiger partial charge in [0.05, 0.1) is 63.7 Å². The van der Waals surface area contributed by atoms with Crippen LogP contribution in [0.1, 0.15) is 325 Å². The molecule has 0 aliphatic rings. The number of unbranched alkanes of at least 4 members (excludes halogenated alkanes) is 23. The fraction of sp³-hybridized carbons (Fsp3) is 0.824. The maximum absolute atomic E-state index is 12.4. The van der Waals surface area contributed by atoms with Crippen molar-refractivity contribution in [2.45, 2.75) is 349 Å². The molecule has 0 aromatic heterocycles. The summed E-state index contributed by atoms with van der Waals surface area (Å²) in [6, 6.07) is -2.82. The Labute approximate surface area is 697 Å². The Kier molecular flexibility index (Phi) is 75.3. The average Bonchev–Trinajstić information content (AvgIpc) is 0.938. The number of Topliss-reactive ketones (excluding diaryl/α,β-unsaturated/α-hetero) is 5. The Bertz CT molecular complexity index is 2590. The van der Waals surface area contributed by atoms with Gasteiger partial charge < -0.3 is 88.5 Å². The molecule has 0 aliphatic heterocycles. The predicted octanol–water partition coefficient (Wildman–Crippen LogP) is 9.39. The second-order valence-corrected chi connectivity index (χ2v) is 31.5. The summed E-state index contributed by atoms with van der Waals surface area (Å²) in [7, 11) is 0. The molecule has 0 bridgehead atoms. The number of carboxylic acid groups (broad SMARTS) is 4. The molecule has 0 fully saturated rings. The van der Waals surface area contributed by atoms with Gasteiger partial charge in [0.25, 0.3) is 0 Å². The number of carbonyl (C=O) groups is 15. The highest BCUT2D eigenvalue weighted by Crippen LogP contribution is 2.19. The topological polar surface area (TPSA) is 524 Å². The summed E-state index contributed by atoms with van der Waals surface area (Å²) in [4.78, 5) is 174. The van der Waals surface area contributed by atoms with Gasteiger partial charge in [0.15, 0.2) is 5.78 Å². The van der Waals surface area contributed by atoms with Crippen LogP contribution in [-0.2, 0) is 90.9 Å². The molecule has 0 aromatic carbocycles. The smallest absolute Gasteiger partial charge is 0.326 e. The van der Waals surface area contributed by atoms with Crippen molar-refractivity contribution in [1.82, 2.24) is 31.9 Å². The summed E-state index contributed by atoms with van der Waals surface area (Å²) < 4.78 is 21.5. The van der Waals surface area contributed by atoms with Crippen molar-refractivity contribution in [3.05, 3.63) is 0 Å². The number of ether oxygens (including phenoxy) is 4. The first-order valence-corrected chi connectivity index (χ1v) is 43.3. The van der Waals surface area contributed by atoms with E-state index in [4.69, 9.17) is 46.4 Å². The molecule has 0 rings (SSSR count). The maximum atomic E-state index is 12.4. The van der Waals surface area contributed by atoms with Gasteiger partial charge in [-0.1, -0.05) is 150 Å². The minimum absolute atomic E-state index is 0.00142. The van der Waals surface area contributed by atoms with E-state index in [1.165, 1.54) is 6.92 Å². The summed E-state index contributed by atoms with van der Waals surface area (Å²) >= 11 is 0. The van der Waals surface area contributed by atoms with E-state index in [9.17, 15) is 82.1 Å². The van der Waals surface area contributed by atoms with E-state index >= 15 is 0 Å². The van der Waals surface area contributed by atoms with Crippen molar-refractivity contribution < 1.29 is 111 Å². The largest absolute Gasteiger partial charge is 0.481 e. The molecule has 0 spiro atoms. The molecule has 0 saturated heterocycles. The molecule has 6 amide bonds. The van der Waals surface area contributed by atoms with Crippen LogP contribution in [0, 0.1) is 17.3 Å². The first kappa shape index (κ1) is 114. The maximum Gasteiger partial charge on any atom is 0.326 e. The molecule has 0 aromatic rings. The molecule has 0 aliphatic carbocycles. The molecule has 0 radical (unpaired) electrons. The van der Waals surface area contributed by atoms with Gasteiger partial charge in [-0.2, -0.15) is 0 Å². The van der Waals surface area contributed by atoms with Gasteiger partial charge in [0, 0.05) is 95.4 Å². The molecule has 16 N–H and O–H groups in total. The number of hydrogen-bond donors (Lipinski definition) is 13. The minimum Gasteiger partial charge on any atom is -0.481 e. The van der Waals surface area contributed by atoms with Crippen LogP contribution in [0.5, 0.6) is 0 Å². The van der Waals surface area contributed by atoms with E-state index in [0.29, 0.717) is 83.8 Å². The minimum atomic E-state index is -1.19. The Morgan fingerprint density at radius 2 is 0.675 bits per heavy atom. The summed E-state index contributed by atoms with van der Waals surface area (Å²) in [5.41, 5.74) is 17.5. The number of nitrogens with two attached hydrogens (primary N) is 3. The lowest BCUT2D eigenvalue weighted by atomic mass is 9.92. The molecule has 32 nitrogen and oxygen atoms in total. The first-order valence-electron chi connectivity index (χ1n) is 43.3. The number of aliphatic carboxylic acids is 4. The molecule has 6 atom stereocenters. The van der Waals surface area contributed by atoms with Crippen LogP contribution in [0.3, 0.4) is 0 Å².